The second kappa shape index (κ2) is 5.98. The number of amides is 2. The van der Waals surface area contributed by atoms with Gasteiger partial charge in [-0.25, -0.2) is 4.79 Å². The van der Waals surface area contributed by atoms with E-state index in [2.05, 4.69) is 15.5 Å². The van der Waals surface area contributed by atoms with E-state index in [4.69, 9.17) is 19.7 Å². The van der Waals surface area contributed by atoms with Gasteiger partial charge in [0.15, 0.2) is 0 Å². The van der Waals surface area contributed by atoms with E-state index in [0.29, 0.717) is 18.3 Å². The third kappa shape index (κ3) is 3.42. The monoisotopic (exact) mass is 270 g/mol. The van der Waals surface area contributed by atoms with Crippen LogP contribution in [0.5, 0.6) is 0 Å². The smallest absolute Gasteiger partial charge is 0.312 e. The highest BCUT2D eigenvalue weighted by atomic mass is 16.5. The molecular formula is C11H18N4O4. The normalized spacial score (nSPS) is 24.3. The van der Waals surface area contributed by atoms with E-state index in [9.17, 15) is 4.79 Å². The van der Waals surface area contributed by atoms with Crippen molar-refractivity contribution in [3.63, 3.8) is 0 Å². The highest BCUT2D eigenvalue weighted by Crippen LogP contribution is 2.31. The van der Waals surface area contributed by atoms with E-state index >= 15 is 0 Å². The van der Waals surface area contributed by atoms with E-state index in [1.807, 2.05) is 6.92 Å². The van der Waals surface area contributed by atoms with E-state index in [0.717, 1.165) is 12.8 Å². The molecule has 0 radical (unpaired) electrons. The second-order valence-electron chi connectivity index (χ2n) is 4.44. The van der Waals surface area contributed by atoms with E-state index < -0.39 is 6.03 Å². The Labute approximate surface area is 110 Å². The number of methoxy groups -OCH3 is 1. The predicted molar refractivity (Wildman–Crippen MR) is 64.2 cm³/mol. The molecule has 0 bridgehead atoms. The fourth-order valence-electron chi connectivity index (χ4n) is 1.90. The van der Waals surface area contributed by atoms with Crippen LogP contribution in [0.4, 0.5) is 4.79 Å². The van der Waals surface area contributed by atoms with Crippen LogP contribution in [0.2, 0.25) is 0 Å². The van der Waals surface area contributed by atoms with Crippen LogP contribution in [0.3, 0.4) is 0 Å². The van der Waals surface area contributed by atoms with E-state index in [1.165, 1.54) is 0 Å². The lowest BCUT2D eigenvalue weighted by molar-refractivity contribution is 0.0402. The molecule has 0 spiro atoms. The molecule has 1 saturated heterocycles. The zero-order valence-electron chi connectivity index (χ0n) is 11.0. The Morgan fingerprint density at radius 2 is 2.42 bits per heavy atom. The molecule has 0 aromatic carbocycles. The first-order valence-electron chi connectivity index (χ1n) is 6.15. The minimum Gasteiger partial charge on any atom is -0.372 e. The van der Waals surface area contributed by atoms with Gasteiger partial charge in [-0.1, -0.05) is 5.16 Å². The SMILES string of the molecule is COC(C)c1nc(C2CCC(CNC(N)=O)O2)no1. The summed E-state index contributed by atoms with van der Waals surface area (Å²) in [7, 11) is 1.58. The zero-order chi connectivity index (χ0) is 13.8. The van der Waals surface area contributed by atoms with Crippen LogP contribution >= 0.6 is 0 Å². The maximum absolute atomic E-state index is 10.6. The molecule has 1 aliphatic heterocycles. The highest BCUT2D eigenvalue weighted by Gasteiger charge is 2.30. The third-order valence-electron chi connectivity index (χ3n) is 3.06. The molecule has 8 nitrogen and oxygen atoms in total. The minimum absolute atomic E-state index is 0.0701. The van der Waals surface area contributed by atoms with Crippen LogP contribution in [0, 0.1) is 0 Å². The van der Waals surface area contributed by atoms with Gasteiger partial charge in [-0.15, -0.1) is 0 Å². The number of carbonyl (C=O) groups excluding carboxylic acids is 1. The lowest BCUT2D eigenvalue weighted by Crippen LogP contribution is -2.35. The summed E-state index contributed by atoms with van der Waals surface area (Å²) in [6.45, 7) is 2.22. The molecule has 1 fully saturated rings. The van der Waals surface area contributed by atoms with Crippen LogP contribution < -0.4 is 11.1 Å². The standard InChI is InChI=1S/C11H18N4O4/c1-6(17-2)10-14-9(15-19-10)8-4-3-7(18-8)5-13-11(12)16/h6-8H,3-5H2,1-2H3,(H3,12,13,16). The van der Waals surface area contributed by atoms with Crippen molar-refractivity contribution in [3.05, 3.63) is 11.7 Å². The molecule has 0 saturated carbocycles. The van der Waals surface area contributed by atoms with Crippen molar-refractivity contribution in [1.29, 1.82) is 0 Å². The molecule has 0 aliphatic carbocycles. The van der Waals surface area contributed by atoms with Gasteiger partial charge in [-0.05, 0) is 19.8 Å². The number of hydrogen-bond donors (Lipinski definition) is 2. The highest BCUT2D eigenvalue weighted by molar-refractivity contribution is 5.71. The number of nitrogens with two attached hydrogens (primary N) is 1. The predicted octanol–water partition coefficient (Wildman–Crippen LogP) is 0.665. The maximum Gasteiger partial charge on any atom is 0.312 e. The molecule has 3 atom stereocenters. The Morgan fingerprint density at radius 3 is 3.11 bits per heavy atom. The van der Waals surface area contributed by atoms with Crippen LogP contribution in [0.25, 0.3) is 0 Å². The van der Waals surface area contributed by atoms with Crippen molar-refractivity contribution in [2.75, 3.05) is 13.7 Å². The first-order chi connectivity index (χ1) is 9.10. The van der Waals surface area contributed by atoms with Crippen molar-refractivity contribution < 1.29 is 18.8 Å². The summed E-state index contributed by atoms with van der Waals surface area (Å²) in [5.74, 6) is 0.945. The Bertz CT molecular complexity index is 436. The average molecular weight is 270 g/mol. The number of primary amides is 1. The van der Waals surface area contributed by atoms with Crippen molar-refractivity contribution >= 4 is 6.03 Å². The minimum atomic E-state index is -0.553. The van der Waals surface area contributed by atoms with Crippen molar-refractivity contribution in [3.8, 4) is 0 Å². The number of hydrogen-bond acceptors (Lipinski definition) is 6. The number of nitrogens with one attached hydrogen (secondary N) is 1. The Kier molecular flexibility index (Phi) is 4.33. The van der Waals surface area contributed by atoms with Crippen LogP contribution in [0.15, 0.2) is 4.52 Å². The summed E-state index contributed by atoms with van der Waals surface area (Å²) in [5, 5.41) is 6.42. The van der Waals surface area contributed by atoms with Gasteiger partial charge >= 0.3 is 6.03 Å². The van der Waals surface area contributed by atoms with Gasteiger partial charge < -0.3 is 25.0 Å². The summed E-state index contributed by atoms with van der Waals surface area (Å²) < 4.78 is 15.9. The van der Waals surface area contributed by atoms with Crippen molar-refractivity contribution in [1.82, 2.24) is 15.5 Å². The molecule has 2 heterocycles. The number of nitrogens with zero attached hydrogens (tertiary/aromatic N) is 2. The topological polar surface area (TPSA) is 113 Å². The van der Waals surface area contributed by atoms with Gasteiger partial charge in [-0.2, -0.15) is 4.98 Å². The van der Waals surface area contributed by atoms with Gasteiger partial charge in [0.2, 0.25) is 5.82 Å². The van der Waals surface area contributed by atoms with Gasteiger partial charge in [0.05, 0.1) is 6.10 Å². The second-order valence-corrected chi connectivity index (χ2v) is 4.44. The van der Waals surface area contributed by atoms with Gasteiger partial charge in [0, 0.05) is 13.7 Å². The molecule has 2 rings (SSSR count). The summed E-state index contributed by atoms with van der Waals surface area (Å²) in [6, 6.07) is -0.553. The molecule has 3 unspecified atom stereocenters. The first-order valence-corrected chi connectivity index (χ1v) is 6.15. The lowest BCUT2D eigenvalue weighted by Gasteiger charge is -2.11. The van der Waals surface area contributed by atoms with Gasteiger partial charge in [0.25, 0.3) is 5.89 Å². The number of ether oxygens (including phenoxy) is 2. The Morgan fingerprint density at radius 1 is 1.63 bits per heavy atom. The molecule has 1 aromatic rings. The molecule has 2 amide bonds. The molecule has 3 N–H and O–H groups in total. The van der Waals surface area contributed by atoms with E-state index in [-0.39, 0.29) is 18.3 Å². The lowest BCUT2D eigenvalue weighted by atomic mass is 10.2. The summed E-state index contributed by atoms with van der Waals surface area (Å²) in [5.41, 5.74) is 5.01. The van der Waals surface area contributed by atoms with Gasteiger partial charge in [0.1, 0.15) is 12.2 Å². The summed E-state index contributed by atoms with van der Waals surface area (Å²) in [4.78, 5) is 14.9. The largest absolute Gasteiger partial charge is 0.372 e. The van der Waals surface area contributed by atoms with Crippen LogP contribution in [-0.2, 0) is 9.47 Å². The third-order valence-corrected chi connectivity index (χ3v) is 3.06. The van der Waals surface area contributed by atoms with Crippen molar-refractivity contribution in [2.45, 2.75) is 38.1 Å². The molecule has 19 heavy (non-hydrogen) atoms. The number of urea groups is 1. The molecule has 1 aliphatic rings. The molecular weight excluding hydrogens is 252 g/mol. The van der Waals surface area contributed by atoms with Crippen molar-refractivity contribution in [2.24, 2.45) is 5.73 Å². The van der Waals surface area contributed by atoms with Crippen LogP contribution in [0.1, 0.15) is 43.7 Å². The quantitative estimate of drug-likeness (QED) is 0.813. The maximum atomic E-state index is 10.6. The van der Waals surface area contributed by atoms with Crippen LogP contribution in [-0.4, -0.2) is 35.9 Å². The fraction of sp³-hybridized carbons (Fsp3) is 0.727. The Balaban J connectivity index is 1.89. The molecule has 106 valence electrons. The number of rotatable bonds is 5. The summed E-state index contributed by atoms with van der Waals surface area (Å²) >= 11 is 0. The fourth-order valence-corrected chi connectivity index (χ4v) is 1.90. The van der Waals surface area contributed by atoms with E-state index in [1.54, 1.807) is 7.11 Å². The average Bonchev–Trinajstić information content (AvgIpc) is 3.03. The first kappa shape index (κ1) is 13.8. The Hall–Kier alpha value is -1.67. The summed E-state index contributed by atoms with van der Waals surface area (Å²) in [6.07, 6.45) is 1.08. The zero-order valence-corrected chi connectivity index (χ0v) is 11.0. The van der Waals surface area contributed by atoms with Gasteiger partial charge in [-0.3, -0.25) is 0 Å². The number of carbonyl (C=O) groups is 1. The number of aromatic nitrogens is 2. The molecule has 1 aromatic heterocycles. The molecule has 8 heteroatoms.